The van der Waals surface area contributed by atoms with Gasteiger partial charge in [-0.3, -0.25) is 0 Å². The van der Waals surface area contributed by atoms with Gasteiger partial charge in [-0.2, -0.15) is 0 Å². The first kappa shape index (κ1) is 19.1. The minimum atomic E-state index is -1.87. The van der Waals surface area contributed by atoms with Crippen molar-refractivity contribution in [3.8, 4) is 0 Å². The van der Waals surface area contributed by atoms with Crippen LogP contribution in [0.4, 0.5) is 0 Å². The zero-order valence-corrected chi connectivity index (χ0v) is 15.5. The van der Waals surface area contributed by atoms with Crippen LogP contribution in [0.25, 0.3) is 0 Å². The van der Waals surface area contributed by atoms with E-state index in [9.17, 15) is 10.2 Å². The summed E-state index contributed by atoms with van der Waals surface area (Å²) in [6.45, 7) is 14.8. The highest BCUT2D eigenvalue weighted by atomic mass is 28.4. The van der Waals surface area contributed by atoms with Crippen LogP contribution in [0.15, 0.2) is 0 Å². The quantitative estimate of drug-likeness (QED) is 0.734. The lowest BCUT2D eigenvalue weighted by Crippen LogP contribution is -2.45. The molecule has 1 rings (SSSR count). The highest BCUT2D eigenvalue weighted by molar-refractivity contribution is 6.74. The van der Waals surface area contributed by atoms with Crippen molar-refractivity contribution in [3.63, 3.8) is 0 Å². The van der Waals surface area contributed by atoms with Crippen LogP contribution >= 0.6 is 0 Å². The van der Waals surface area contributed by atoms with Gasteiger partial charge in [0.15, 0.2) is 14.1 Å². The van der Waals surface area contributed by atoms with E-state index >= 15 is 0 Å². The minimum Gasteiger partial charge on any atom is -0.416 e. The van der Waals surface area contributed by atoms with Crippen LogP contribution in [-0.2, 0) is 13.9 Å². The van der Waals surface area contributed by atoms with E-state index < -0.39 is 20.2 Å². The van der Waals surface area contributed by atoms with Gasteiger partial charge in [-0.25, -0.2) is 0 Å². The molecule has 0 bridgehead atoms. The number of aliphatic hydroxyl groups excluding tert-OH is 2. The van der Waals surface area contributed by atoms with Gasteiger partial charge in [0.2, 0.25) is 0 Å². The summed E-state index contributed by atoms with van der Waals surface area (Å²) in [6.07, 6.45) is -0.764. The Hall–Kier alpha value is 0.0169. The molecule has 0 aromatic rings. The van der Waals surface area contributed by atoms with E-state index in [-0.39, 0.29) is 30.3 Å². The third-order valence-electron chi connectivity index (χ3n) is 4.57. The summed E-state index contributed by atoms with van der Waals surface area (Å²) in [5.41, 5.74) is 0. The van der Waals surface area contributed by atoms with Gasteiger partial charge in [-0.15, -0.1) is 0 Å². The number of hydrogen-bond donors (Lipinski definition) is 2. The Labute approximate surface area is 129 Å². The summed E-state index contributed by atoms with van der Waals surface area (Å²) in [6, 6.07) is 0. The molecule has 5 nitrogen and oxygen atoms in total. The van der Waals surface area contributed by atoms with Gasteiger partial charge in [0.1, 0.15) is 6.10 Å². The van der Waals surface area contributed by atoms with Gasteiger partial charge in [0.05, 0.1) is 19.3 Å². The number of ether oxygens (including phenoxy) is 2. The van der Waals surface area contributed by atoms with Gasteiger partial charge < -0.3 is 24.1 Å². The summed E-state index contributed by atoms with van der Waals surface area (Å²) >= 11 is 0. The second-order valence-electron chi connectivity index (χ2n) is 7.84. The molecule has 0 spiro atoms. The van der Waals surface area contributed by atoms with Crippen molar-refractivity contribution >= 4 is 8.32 Å². The Balaban J connectivity index is 2.71. The Morgan fingerprint density at radius 3 is 2.19 bits per heavy atom. The molecular weight excluding hydrogens is 288 g/mol. The lowest BCUT2D eigenvalue weighted by Gasteiger charge is -2.38. The van der Waals surface area contributed by atoms with Crippen LogP contribution in [0.3, 0.4) is 0 Å². The fourth-order valence-corrected chi connectivity index (χ4v) is 3.25. The predicted molar refractivity (Wildman–Crippen MR) is 84.6 cm³/mol. The average molecular weight is 321 g/mol. The van der Waals surface area contributed by atoms with Crippen molar-refractivity contribution < 1.29 is 24.1 Å². The van der Waals surface area contributed by atoms with Crippen molar-refractivity contribution in [1.82, 2.24) is 0 Å². The van der Waals surface area contributed by atoms with E-state index in [0.717, 1.165) is 0 Å². The fraction of sp³-hybridized carbons (Fsp3) is 1.00. The minimum absolute atomic E-state index is 0.0464. The van der Waals surface area contributed by atoms with Gasteiger partial charge >= 0.3 is 0 Å². The second-order valence-corrected chi connectivity index (χ2v) is 12.6. The van der Waals surface area contributed by atoms with Crippen LogP contribution in [0, 0.1) is 5.92 Å². The van der Waals surface area contributed by atoms with Crippen molar-refractivity contribution in [2.24, 2.45) is 5.92 Å². The molecule has 1 heterocycles. The average Bonchev–Trinajstić information content (AvgIpc) is 2.64. The van der Waals surface area contributed by atoms with E-state index in [0.29, 0.717) is 6.61 Å². The van der Waals surface area contributed by atoms with Crippen LogP contribution in [0.1, 0.15) is 34.6 Å². The molecule has 0 aliphatic carbocycles. The first-order valence-corrected chi connectivity index (χ1v) is 10.6. The van der Waals surface area contributed by atoms with Crippen LogP contribution < -0.4 is 0 Å². The molecule has 0 aromatic carbocycles. The van der Waals surface area contributed by atoms with Crippen LogP contribution in [0.2, 0.25) is 18.1 Å². The lowest BCUT2D eigenvalue weighted by atomic mass is 10.00. The molecule has 0 saturated carbocycles. The van der Waals surface area contributed by atoms with Gasteiger partial charge in [0, 0.05) is 12.5 Å². The van der Waals surface area contributed by atoms with E-state index in [1.165, 1.54) is 0 Å². The SMILES string of the molecule is CC1(C)O[C@@H]([C@H](CO)CO[Si](C)(C)C(C)(C)C)[C@@H](CO)O1. The highest BCUT2D eigenvalue weighted by Gasteiger charge is 2.46. The standard InChI is InChI=1S/C15H32O5Si/c1-14(2,3)21(6,7)18-10-11(8-16)13-12(9-17)19-15(4,5)20-13/h11-13,16-17H,8-10H2,1-7H3/t11-,12-,13+/m1/s1. The molecule has 1 aliphatic heterocycles. The third kappa shape index (κ3) is 4.74. The van der Waals surface area contributed by atoms with Crippen molar-refractivity contribution in [2.75, 3.05) is 19.8 Å². The van der Waals surface area contributed by atoms with E-state index in [1.807, 2.05) is 13.8 Å². The maximum absolute atomic E-state index is 9.69. The van der Waals surface area contributed by atoms with Crippen molar-refractivity contribution in [3.05, 3.63) is 0 Å². The molecule has 3 atom stereocenters. The molecule has 126 valence electrons. The van der Waals surface area contributed by atoms with Crippen molar-refractivity contribution in [1.29, 1.82) is 0 Å². The number of aliphatic hydroxyl groups is 2. The Bertz CT molecular complexity index is 337. The summed E-state index contributed by atoms with van der Waals surface area (Å²) in [5, 5.41) is 19.3. The zero-order chi connectivity index (χ0) is 16.5. The topological polar surface area (TPSA) is 68.2 Å². The molecule has 2 N–H and O–H groups in total. The van der Waals surface area contributed by atoms with E-state index in [1.54, 1.807) is 0 Å². The zero-order valence-electron chi connectivity index (χ0n) is 14.5. The number of rotatable bonds is 6. The van der Waals surface area contributed by atoms with E-state index in [4.69, 9.17) is 13.9 Å². The maximum atomic E-state index is 9.69. The van der Waals surface area contributed by atoms with E-state index in [2.05, 4.69) is 33.9 Å². The maximum Gasteiger partial charge on any atom is 0.191 e. The largest absolute Gasteiger partial charge is 0.416 e. The molecule has 0 unspecified atom stereocenters. The van der Waals surface area contributed by atoms with Crippen LogP contribution in [0.5, 0.6) is 0 Å². The van der Waals surface area contributed by atoms with Crippen LogP contribution in [-0.4, -0.2) is 56.3 Å². The first-order valence-electron chi connectivity index (χ1n) is 7.65. The predicted octanol–water partition coefficient (Wildman–Crippen LogP) is 2.13. The molecule has 1 fully saturated rings. The lowest BCUT2D eigenvalue weighted by molar-refractivity contribution is -0.154. The smallest absolute Gasteiger partial charge is 0.191 e. The Morgan fingerprint density at radius 1 is 1.19 bits per heavy atom. The third-order valence-corrected chi connectivity index (χ3v) is 9.07. The molecule has 0 radical (unpaired) electrons. The summed E-state index contributed by atoms with van der Waals surface area (Å²) in [4.78, 5) is 0. The van der Waals surface area contributed by atoms with Gasteiger partial charge in [-0.1, -0.05) is 20.8 Å². The molecular formula is C15H32O5Si. The molecule has 0 amide bonds. The van der Waals surface area contributed by atoms with Crippen molar-refractivity contribution in [2.45, 2.75) is 70.7 Å². The molecule has 21 heavy (non-hydrogen) atoms. The Morgan fingerprint density at radius 2 is 1.76 bits per heavy atom. The fourth-order valence-electron chi connectivity index (χ4n) is 2.19. The summed E-state index contributed by atoms with van der Waals surface area (Å²) in [7, 11) is -1.87. The molecule has 6 heteroatoms. The summed E-state index contributed by atoms with van der Waals surface area (Å²) in [5.74, 6) is -0.930. The highest BCUT2D eigenvalue weighted by Crippen LogP contribution is 2.38. The second kappa shape index (κ2) is 6.64. The Kier molecular flexibility index (Phi) is 6.03. The molecule has 1 aliphatic rings. The van der Waals surface area contributed by atoms with Gasteiger partial charge in [0.25, 0.3) is 0 Å². The first-order chi connectivity index (χ1) is 9.43. The molecule has 0 aromatic heterocycles. The number of hydrogen-bond acceptors (Lipinski definition) is 5. The normalized spacial score (nSPS) is 27.9. The molecule has 1 saturated heterocycles. The summed E-state index contributed by atoms with van der Waals surface area (Å²) < 4.78 is 17.7. The monoisotopic (exact) mass is 320 g/mol. The van der Waals surface area contributed by atoms with Gasteiger partial charge in [-0.05, 0) is 32.0 Å².